The molecular formula is C14H18ClFN2O3. The molecule has 1 fully saturated rings. The summed E-state index contributed by atoms with van der Waals surface area (Å²) in [7, 11) is 0. The van der Waals surface area contributed by atoms with Gasteiger partial charge in [0.1, 0.15) is 5.82 Å². The summed E-state index contributed by atoms with van der Waals surface area (Å²) < 4.78 is 23.8. The van der Waals surface area contributed by atoms with Gasteiger partial charge >= 0.3 is 6.03 Å². The van der Waals surface area contributed by atoms with Crippen molar-refractivity contribution in [3.63, 3.8) is 0 Å². The first-order valence-electron chi connectivity index (χ1n) is 6.84. The normalized spacial score (nSPS) is 17.7. The summed E-state index contributed by atoms with van der Waals surface area (Å²) in [6.07, 6.45) is 1.79. The first-order valence-corrected chi connectivity index (χ1v) is 7.22. The van der Waals surface area contributed by atoms with Crippen LogP contribution in [0.2, 0.25) is 5.02 Å². The topological polar surface area (TPSA) is 59.6 Å². The number of hydrogen-bond acceptors (Lipinski definition) is 3. The molecular weight excluding hydrogens is 299 g/mol. The van der Waals surface area contributed by atoms with Crippen molar-refractivity contribution in [2.24, 2.45) is 0 Å². The second kappa shape index (κ2) is 8.17. The standard InChI is InChI=1S/C14H18ClFN2O3/c15-12-3-2-10(16)8-13(12)18-14(19)17-5-1-6-21-11-4-7-20-9-11/h2-3,8,11H,1,4-7,9H2,(H2,17,18,19)/t11-/m0/s1. The lowest BCUT2D eigenvalue weighted by Crippen LogP contribution is -2.30. The number of benzene rings is 1. The van der Waals surface area contributed by atoms with Crippen molar-refractivity contribution >= 4 is 23.3 Å². The van der Waals surface area contributed by atoms with Crippen LogP contribution in [0.3, 0.4) is 0 Å². The molecule has 0 spiro atoms. The Morgan fingerprint density at radius 2 is 2.38 bits per heavy atom. The monoisotopic (exact) mass is 316 g/mol. The van der Waals surface area contributed by atoms with Crippen LogP contribution in [0.4, 0.5) is 14.9 Å². The molecule has 116 valence electrons. The number of urea groups is 1. The van der Waals surface area contributed by atoms with Crippen LogP contribution >= 0.6 is 11.6 Å². The van der Waals surface area contributed by atoms with E-state index in [0.717, 1.165) is 13.0 Å². The minimum atomic E-state index is -0.457. The molecule has 7 heteroatoms. The van der Waals surface area contributed by atoms with Crippen LogP contribution in [-0.4, -0.2) is 38.5 Å². The number of carbonyl (C=O) groups excluding carboxylic acids is 1. The van der Waals surface area contributed by atoms with E-state index in [1.165, 1.54) is 18.2 Å². The zero-order chi connectivity index (χ0) is 15.1. The molecule has 2 amide bonds. The Morgan fingerprint density at radius 1 is 1.52 bits per heavy atom. The predicted octanol–water partition coefficient (Wildman–Crippen LogP) is 2.80. The van der Waals surface area contributed by atoms with Crippen LogP contribution in [0.15, 0.2) is 18.2 Å². The number of hydrogen-bond donors (Lipinski definition) is 2. The number of rotatable bonds is 6. The molecule has 0 radical (unpaired) electrons. The molecule has 1 aromatic carbocycles. The zero-order valence-electron chi connectivity index (χ0n) is 11.5. The van der Waals surface area contributed by atoms with Crippen LogP contribution in [-0.2, 0) is 9.47 Å². The van der Waals surface area contributed by atoms with Gasteiger partial charge in [0.25, 0.3) is 0 Å². The summed E-state index contributed by atoms with van der Waals surface area (Å²) >= 11 is 5.86. The molecule has 1 saturated heterocycles. The van der Waals surface area contributed by atoms with Gasteiger partial charge in [-0.25, -0.2) is 9.18 Å². The summed E-state index contributed by atoms with van der Waals surface area (Å²) in [6.45, 7) is 2.42. The van der Waals surface area contributed by atoms with Crippen LogP contribution < -0.4 is 10.6 Å². The number of ether oxygens (including phenoxy) is 2. The SMILES string of the molecule is O=C(NCCCO[C@H]1CCOC1)Nc1cc(F)ccc1Cl. The Morgan fingerprint density at radius 3 is 3.14 bits per heavy atom. The van der Waals surface area contributed by atoms with Crippen molar-refractivity contribution < 1.29 is 18.7 Å². The lowest BCUT2D eigenvalue weighted by atomic mass is 10.3. The zero-order valence-corrected chi connectivity index (χ0v) is 12.3. The molecule has 0 unspecified atom stereocenters. The number of halogens is 2. The fraction of sp³-hybridized carbons (Fsp3) is 0.500. The fourth-order valence-electron chi connectivity index (χ4n) is 1.93. The molecule has 1 aliphatic rings. The highest BCUT2D eigenvalue weighted by molar-refractivity contribution is 6.33. The average Bonchev–Trinajstić information content (AvgIpc) is 2.96. The maximum absolute atomic E-state index is 13.0. The fourth-order valence-corrected chi connectivity index (χ4v) is 2.09. The quantitative estimate of drug-likeness (QED) is 0.793. The van der Waals surface area contributed by atoms with E-state index in [1.807, 2.05) is 0 Å². The van der Waals surface area contributed by atoms with Gasteiger partial charge < -0.3 is 20.1 Å². The van der Waals surface area contributed by atoms with Gasteiger partial charge in [0, 0.05) is 19.8 Å². The van der Waals surface area contributed by atoms with E-state index in [0.29, 0.717) is 26.2 Å². The highest BCUT2D eigenvalue weighted by atomic mass is 35.5. The Balaban J connectivity index is 1.62. The molecule has 0 bridgehead atoms. The van der Waals surface area contributed by atoms with Gasteiger partial charge in [-0.15, -0.1) is 0 Å². The third-order valence-electron chi connectivity index (χ3n) is 3.02. The summed E-state index contributed by atoms with van der Waals surface area (Å²) in [5, 5.41) is 5.45. The maximum Gasteiger partial charge on any atom is 0.319 e. The van der Waals surface area contributed by atoms with Crippen molar-refractivity contribution in [2.75, 3.05) is 31.7 Å². The highest BCUT2D eigenvalue weighted by Crippen LogP contribution is 2.22. The molecule has 0 saturated carbocycles. The van der Waals surface area contributed by atoms with E-state index < -0.39 is 11.8 Å². The third kappa shape index (κ3) is 5.49. The van der Waals surface area contributed by atoms with Crippen LogP contribution in [0.1, 0.15) is 12.8 Å². The molecule has 1 aliphatic heterocycles. The van der Waals surface area contributed by atoms with Crippen molar-refractivity contribution in [2.45, 2.75) is 18.9 Å². The molecule has 21 heavy (non-hydrogen) atoms. The number of nitrogens with one attached hydrogen (secondary N) is 2. The van der Waals surface area contributed by atoms with Gasteiger partial charge in [-0.1, -0.05) is 11.6 Å². The molecule has 0 aliphatic carbocycles. The maximum atomic E-state index is 13.0. The smallest absolute Gasteiger partial charge is 0.319 e. The number of anilines is 1. The minimum absolute atomic E-state index is 0.171. The molecule has 1 heterocycles. The van der Waals surface area contributed by atoms with Gasteiger partial charge in [-0.3, -0.25) is 0 Å². The van der Waals surface area contributed by atoms with Crippen molar-refractivity contribution in [3.05, 3.63) is 29.0 Å². The van der Waals surface area contributed by atoms with E-state index in [2.05, 4.69) is 10.6 Å². The third-order valence-corrected chi connectivity index (χ3v) is 3.35. The van der Waals surface area contributed by atoms with Gasteiger partial charge in [0.2, 0.25) is 0 Å². The minimum Gasteiger partial charge on any atom is -0.379 e. The average molecular weight is 317 g/mol. The van der Waals surface area contributed by atoms with E-state index in [4.69, 9.17) is 21.1 Å². The summed E-state index contributed by atoms with van der Waals surface area (Å²) in [4.78, 5) is 11.6. The second-order valence-corrected chi connectivity index (χ2v) is 5.12. The Kier molecular flexibility index (Phi) is 6.22. The molecule has 2 N–H and O–H groups in total. The Hall–Kier alpha value is -1.37. The molecule has 5 nitrogen and oxygen atoms in total. The Bertz CT molecular complexity index is 481. The first kappa shape index (κ1) is 16.0. The summed E-state index contributed by atoms with van der Waals surface area (Å²) in [6, 6.07) is 3.37. The highest BCUT2D eigenvalue weighted by Gasteiger charge is 2.15. The van der Waals surface area contributed by atoms with E-state index >= 15 is 0 Å². The second-order valence-electron chi connectivity index (χ2n) is 4.72. The lowest BCUT2D eigenvalue weighted by Gasteiger charge is -2.11. The predicted molar refractivity (Wildman–Crippen MR) is 78.2 cm³/mol. The van der Waals surface area contributed by atoms with Gasteiger partial charge in [-0.05, 0) is 31.0 Å². The van der Waals surface area contributed by atoms with Gasteiger partial charge in [0.05, 0.1) is 23.4 Å². The summed E-state index contributed by atoms with van der Waals surface area (Å²) in [5.41, 5.74) is 0.244. The summed E-state index contributed by atoms with van der Waals surface area (Å²) in [5.74, 6) is -0.457. The Labute approximate surface area is 127 Å². The van der Waals surface area contributed by atoms with Crippen LogP contribution in [0, 0.1) is 5.82 Å². The lowest BCUT2D eigenvalue weighted by molar-refractivity contribution is 0.0419. The molecule has 1 atom stereocenters. The van der Waals surface area contributed by atoms with E-state index in [-0.39, 0.29) is 16.8 Å². The van der Waals surface area contributed by atoms with Crippen molar-refractivity contribution in [1.82, 2.24) is 5.32 Å². The largest absolute Gasteiger partial charge is 0.379 e. The molecule has 1 aromatic rings. The van der Waals surface area contributed by atoms with Gasteiger partial charge in [-0.2, -0.15) is 0 Å². The number of carbonyl (C=O) groups is 1. The van der Waals surface area contributed by atoms with Crippen LogP contribution in [0.5, 0.6) is 0 Å². The van der Waals surface area contributed by atoms with E-state index in [9.17, 15) is 9.18 Å². The number of amides is 2. The van der Waals surface area contributed by atoms with Gasteiger partial charge in [0.15, 0.2) is 0 Å². The molecule has 0 aromatic heterocycles. The first-order chi connectivity index (χ1) is 10.1. The van der Waals surface area contributed by atoms with Crippen molar-refractivity contribution in [3.8, 4) is 0 Å². The van der Waals surface area contributed by atoms with Crippen molar-refractivity contribution in [1.29, 1.82) is 0 Å². The van der Waals surface area contributed by atoms with Crippen LogP contribution in [0.25, 0.3) is 0 Å². The van der Waals surface area contributed by atoms with E-state index in [1.54, 1.807) is 0 Å². The molecule has 2 rings (SSSR count).